The van der Waals surface area contributed by atoms with Gasteiger partial charge in [-0.25, -0.2) is 0 Å². The van der Waals surface area contributed by atoms with Gasteiger partial charge >= 0.3 is 0 Å². The fourth-order valence-corrected chi connectivity index (χ4v) is 3.05. The first kappa shape index (κ1) is 17.8. The zero-order valence-electron chi connectivity index (χ0n) is 14.4. The van der Waals surface area contributed by atoms with E-state index in [9.17, 15) is 9.59 Å². The predicted octanol–water partition coefficient (Wildman–Crippen LogP) is 4.10. The van der Waals surface area contributed by atoms with Gasteiger partial charge in [-0.05, 0) is 62.4 Å². The molecule has 0 fully saturated rings. The van der Waals surface area contributed by atoms with Crippen molar-refractivity contribution in [3.8, 4) is 5.69 Å². The third kappa shape index (κ3) is 3.48. The van der Waals surface area contributed by atoms with Gasteiger partial charge in [0.1, 0.15) is 0 Å². The zero-order chi connectivity index (χ0) is 18.8. The minimum absolute atomic E-state index is 0.321. The van der Waals surface area contributed by atoms with Crippen LogP contribution in [0.25, 0.3) is 5.69 Å². The fraction of sp³-hybridized carbons (Fsp3) is 0.100. The zero-order valence-corrected chi connectivity index (χ0v) is 15.2. The lowest BCUT2D eigenvalue weighted by Gasteiger charge is -2.13. The van der Waals surface area contributed by atoms with E-state index in [1.54, 1.807) is 30.3 Å². The Morgan fingerprint density at radius 3 is 2.35 bits per heavy atom. The molecule has 6 heteroatoms. The van der Waals surface area contributed by atoms with Crippen LogP contribution in [0, 0.1) is 13.8 Å². The van der Waals surface area contributed by atoms with Crippen LogP contribution in [-0.2, 0) is 0 Å². The molecule has 2 amide bonds. The molecule has 132 valence electrons. The van der Waals surface area contributed by atoms with Crippen LogP contribution < -0.4 is 11.1 Å². The van der Waals surface area contributed by atoms with Gasteiger partial charge in [0.25, 0.3) is 5.91 Å². The summed E-state index contributed by atoms with van der Waals surface area (Å²) in [6.45, 7) is 3.99. The lowest BCUT2D eigenvalue weighted by atomic mass is 10.1. The Labute approximate surface area is 156 Å². The predicted molar refractivity (Wildman–Crippen MR) is 103 cm³/mol. The highest BCUT2D eigenvalue weighted by Crippen LogP contribution is 2.24. The summed E-state index contributed by atoms with van der Waals surface area (Å²) >= 11 is 6.24. The van der Waals surface area contributed by atoms with Gasteiger partial charge in [0.05, 0.1) is 10.6 Å². The topological polar surface area (TPSA) is 77.1 Å². The summed E-state index contributed by atoms with van der Waals surface area (Å²) in [6, 6.07) is 15.8. The van der Waals surface area contributed by atoms with Crippen molar-refractivity contribution < 1.29 is 9.59 Å². The smallest absolute Gasteiger partial charge is 0.257 e. The standard InChI is InChI=1S/C20H18ClN3O2/c1-12-6-7-13(2)24(12)16-8-9-18(21)17(11-16)20(26)23-15-5-3-4-14(10-15)19(22)25/h3-11H,1-2H3,(H2,22,25)(H,23,26). The highest BCUT2D eigenvalue weighted by molar-refractivity contribution is 6.34. The van der Waals surface area contributed by atoms with E-state index in [-0.39, 0.29) is 5.91 Å². The molecule has 3 aromatic rings. The maximum absolute atomic E-state index is 12.7. The number of carbonyl (C=O) groups is 2. The van der Waals surface area contributed by atoms with E-state index < -0.39 is 5.91 Å². The average Bonchev–Trinajstić information content (AvgIpc) is 2.94. The fourth-order valence-electron chi connectivity index (χ4n) is 2.85. The number of nitrogens with one attached hydrogen (secondary N) is 1. The number of hydrogen-bond donors (Lipinski definition) is 2. The number of amides is 2. The van der Waals surface area contributed by atoms with E-state index in [1.807, 2.05) is 36.6 Å². The van der Waals surface area contributed by atoms with Crippen LogP contribution in [-0.4, -0.2) is 16.4 Å². The number of rotatable bonds is 4. The van der Waals surface area contributed by atoms with Gasteiger partial charge in [0.15, 0.2) is 0 Å². The van der Waals surface area contributed by atoms with Gasteiger partial charge in [0.2, 0.25) is 5.91 Å². The number of hydrogen-bond acceptors (Lipinski definition) is 2. The molecular weight excluding hydrogens is 350 g/mol. The van der Waals surface area contributed by atoms with Gasteiger partial charge in [0, 0.05) is 28.3 Å². The molecule has 0 saturated carbocycles. The maximum Gasteiger partial charge on any atom is 0.257 e. The Morgan fingerprint density at radius 1 is 1.00 bits per heavy atom. The molecule has 2 aromatic carbocycles. The number of anilines is 1. The Morgan fingerprint density at radius 2 is 1.69 bits per heavy atom. The first-order chi connectivity index (χ1) is 12.4. The molecule has 5 nitrogen and oxygen atoms in total. The molecule has 1 aromatic heterocycles. The molecule has 0 bridgehead atoms. The molecule has 0 aliphatic rings. The number of nitrogens with zero attached hydrogens (tertiary/aromatic N) is 1. The quantitative estimate of drug-likeness (QED) is 0.728. The van der Waals surface area contributed by atoms with Crippen LogP contribution in [0.3, 0.4) is 0 Å². The summed E-state index contributed by atoms with van der Waals surface area (Å²) in [6.07, 6.45) is 0. The van der Waals surface area contributed by atoms with Gasteiger partial charge in [-0.2, -0.15) is 0 Å². The minimum atomic E-state index is -0.556. The molecule has 3 N–H and O–H groups in total. The minimum Gasteiger partial charge on any atom is -0.366 e. The highest BCUT2D eigenvalue weighted by Gasteiger charge is 2.14. The second kappa shape index (κ2) is 7.06. The first-order valence-corrected chi connectivity index (χ1v) is 8.40. The second-order valence-corrected chi connectivity index (χ2v) is 6.42. The van der Waals surface area contributed by atoms with Gasteiger partial charge < -0.3 is 15.6 Å². The molecule has 0 aliphatic heterocycles. The van der Waals surface area contributed by atoms with Crippen molar-refractivity contribution in [3.05, 3.63) is 82.1 Å². The van der Waals surface area contributed by atoms with Crippen molar-refractivity contribution in [3.63, 3.8) is 0 Å². The highest BCUT2D eigenvalue weighted by atomic mass is 35.5. The average molecular weight is 368 g/mol. The van der Waals surface area contributed by atoms with Gasteiger partial charge in [-0.15, -0.1) is 0 Å². The summed E-state index contributed by atoms with van der Waals surface area (Å²) in [5, 5.41) is 3.10. The molecule has 1 heterocycles. The van der Waals surface area contributed by atoms with Crippen molar-refractivity contribution in [1.29, 1.82) is 0 Å². The number of aryl methyl sites for hydroxylation is 2. The third-order valence-corrected chi connectivity index (χ3v) is 4.46. The molecule has 0 unspecified atom stereocenters. The summed E-state index contributed by atoms with van der Waals surface area (Å²) in [5.74, 6) is -0.916. The van der Waals surface area contributed by atoms with Crippen LogP contribution in [0.15, 0.2) is 54.6 Å². The number of halogens is 1. The lowest BCUT2D eigenvalue weighted by Crippen LogP contribution is -2.15. The number of primary amides is 1. The van der Waals surface area contributed by atoms with Crippen LogP contribution in [0.4, 0.5) is 5.69 Å². The van der Waals surface area contributed by atoms with Crippen LogP contribution in [0.5, 0.6) is 0 Å². The van der Waals surface area contributed by atoms with Crippen LogP contribution in [0.2, 0.25) is 5.02 Å². The monoisotopic (exact) mass is 367 g/mol. The van der Waals surface area contributed by atoms with Crippen molar-refractivity contribution in [2.24, 2.45) is 5.73 Å². The molecule has 0 spiro atoms. The Balaban J connectivity index is 1.94. The molecule has 0 aliphatic carbocycles. The summed E-state index contributed by atoms with van der Waals surface area (Å²) in [4.78, 5) is 24.0. The lowest BCUT2D eigenvalue weighted by molar-refractivity contribution is 0.0996. The van der Waals surface area contributed by atoms with Crippen molar-refractivity contribution in [1.82, 2.24) is 4.57 Å². The van der Waals surface area contributed by atoms with Crippen LogP contribution in [0.1, 0.15) is 32.1 Å². The van der Waals surface area contributed by atoms with Crippen molar-refractivity contribution >= 4 is 29.1 Å². The number of carbonyl (C=O) groups excluding carboxylic acids is 2. The van der Waals surface area contributed by atoms with E-state index >= 15 is 0 Å². The Hall–Kier alpha value is -3.05. The van der Waals surface area contributed by atoms with Crippen molar-refractivity contribution in [2.75, 3.05) is 5.32 Å². The van der Waals surface area contributed by atoms with Crippen LogP contribution >= 0.6 is 11.6 Å². The molecule has 0 radical (unpaired) electrons. The van der Waals surface area contributed by atoms with E-state index in [2.05, 4.69) is 5.32 Å². The second-order valence-electron chi connectivity index (χ2n) is 6.01. The molecule has 3 rings (SSSR count). The van der Waals surface area contributed by atoms with Crippen molar-refractivity contribution in [2.45, 2.75) is 13.8 Å². The van der Waals surface area contributed by atoms with Gasteiger partial charge in [-0.3, -0.25) is 9.59 Å². The number of aromatic nitrogens is 1. The number of benzene rings is 2. The summed E-state index contributed by atoms with van der Waals surface area (Å²) in [7, 11) is 0. The molecule has 0 saturated heterocycles. The Bertz CT molecular complexity index is 989. The summed E-state index contributed by atoms with van der Waals surface area (Å²) < 4.78 is 2.04. The largest absolute Gasteiger partial charge is 0.366 e. The normalized spacial score (nSPS) is 10.6. The van der Waals surface area contributed by atoms with E-state index in [0.717, 1.165) is 17.1 Å². The third-order valence-electron chi connectivity index (χ3n) is 4.13. The van der Waals surface area contributed by atoms with E-state index in [0.29, 0.717) is 21.8 Å². The maximum atomic E-state index is 12.7. The first-order valence-electron chi connectivity index (χ1n) is 8.03. The van der Waals surface area contributed by atoms with E-state index in [4.69, 9.17) is 17.3 Å². The SMILES string of the molecule is Cc1ccc(C)n1-c1ccc(Cl)c(C(=O)Nc2cccc(C(N)=O)c2)c1. The molecule has 0 atom stereocenters. The van der Waals surface area contributed by atoms with E-state index in [1.165, 1.54) is 6.07 Å². The van der Waals surface area contributed by atoms with Gasteiger partial charge in [-0.1, -0.05) is 17.7 Å². The Kier molecular flexibility index (Phi) is 4.82. The molecule has 26 heavy (non-hydrogen) atoms. The molecular formula is C20H18ClN3O2. The number of nitrogens with two attached hydrogens (primary N) is 1. The summed E-state index contributed by atoms with van der Waals surface area (Å²) in [5.41, 5.74) is 9.39.